The molecule has 0 bridgehead atoms. The summed E-state index contributed by atoms with van der Waals surface area (Å²) in [6.45, 7) is 8.63. The molecular weight excluding hydrogens is 522 g/mol. The van der Waals surface area contributed by atoms with E-state index >= 15 is 0 Å². The lowest BCUT2D eigenvalue weighted by molar-refractivity contribution is -0.166. The Kier molecular flexibility index (Phi) is 10.9. The molecule has 0 N–H and O–H groups in total. The van der Waals surface area contributed by atoms with Crippen molar-refractivity contribution in [3.05, 3.63) is 0 Å². The number of esters is 3. The molecule has 0 aliphatic carbocycles. The molecule has 1 saturated heterocycles. The summed E-state index contributed by atoms with van der Waals surface area (Å²) in [5.74, 6) is 0.137. The highest BCUT2D eigenvalue weighted by molar-refractivity contribution is 7.99. The van der Waals surface area contributed by atoms with Gasteiger partial charge < -0.3 is 18.9 Å². The minimum atomic E-state index is -1.04. The lowest BCUT2D eigenvalue weighted by atomic mass is 10.1. The summed E-state index contributed by atoms with van der Waals surface area (Å²) in [6, 6.07) is 0. The number of hydrogen-bond acceptors (Lipinski definition) is 13. The molecule has 0 spiro atoms. The second kappa shape index (κ2) is 13.9. The van der Waals surface area contributed by atoms with Gasteiger partial charge in [0, 0.05) is 26.0 Å². The van der Waals surface area contributed by atoms with Crippen molar-refractivity contribution in [3.63, 3.8) is 0 Å². The molecule has 204 valence electrons. The average molecular weight is 556 g/mol. The molecule has 0 amide bonds. The predicted molar refractivity (Wildman–Crippen MR) is 136 cm³/mol. The molecule has 3 rings (SSSR count). The minimum absolute atomic E-state index is 0.0333. The molecule has 0 aromatic carbocycles. The molecule has 1 fully saturated rings. The van der Waals surface area contributed by atoms with Gasteiger partial charge in [-0.3, -0.25) is 14.4 Å². The number of ether oxygens (including phenoxy) is 4. The van der Waals surface area contributed by atoms with Crippen molar-refractivity contribution in [1.82, 2.24) is 25.0 Å². The second-order valence-corrected chi connectivity index (χ2v) is 10.4. The third-order valence-electron chi connectivity index (χ3n) is 5.15. The van der Waals surface area contributed by atoms with Crippen LogP contribution in [0.1, 0.15) is 66.5 Å². The summed E-state index contributed by atoms with van der Waals surface area (Å²) in [5.41, 5.74) is 0.889. The Labute approximate surface area is 223 Å². The van der Waals surface area contributed by atoms with E-state index in [1.165, 1.54) is 30.4 Å². The number of carbonyl (C=O) groups excluding carboxylic acids is 3. The molecular formula is C23H33N5O7S2. The van der Waals surface area contributed by atoms with Crippen molar-refractivity contribution in [2.24, 2.45) is 0 Å². The topological polar surface area (TPSA) is 145 Å². The molecule has 0 unspecified atom stereocenters. The highest BCUT2D eigenvalue weighted by Crippen LogP contribution is 2.36. The fourth-order valence-corrected chi connectivity index (χ4v) is 5.29. The van der Waals surface area contributed by atoms with Crippen molar-refractivity contribution in [2.75, 3.05) is 18.1 Å². The average Bonchev–Trinajstić information content (AvgIpc) is 3.41. The van der Waals surface area contributed by atoms with Gasteiger partial charge in [0.05, 0.1) is 6.61 Å². The number of nitrogens with zero attached hydrogens (tertiary/aromatic N) is 5. The molecule has 3 heterocycles. The molecule has 12 nitrogen and oxygen atoms in total. The van der Waals surface area contributed by atoms with Crippen LogP contribution in [0.2, 0.25) is 0 Å². The van der Waals surface area contributed by atoms with Crippen molar-refractivity contribution >= 4 is 52.6 Å². The standard InChI is InChI=1S/C23H33N5O7S2/c1-6-11-36-21-17-20(24-23(25-21)37-12-7-2)27-28(26-17)22-19(34-14(5)30)18(33-13(4)29)15(35-22)9-10-16(31)32-8-3/h15,18-19,22H,6-12H2,1-5H3/t15-,18-,19-,22-/m1/s1. The number of carbonyl (C=O) groups is 3. The summed E-state index contributed by atoms with van der Waals surface area (Å²) in [4.78, 5) is 46.4. The van der Waals surface area contributed by atoms with Gasteiger partial charge in [0.1, 0.15) is 11.1 Å². The highest BCUT2D eigenvalue weighted by atomic mass is 32.2. The van der Waals surface area contributed by atoms with Crippen molar-refractivity contribution < 1.29 is 33.3 Å². The van der Waals surface area contributed by atoms with Crippen LogP contribution in [0.3, 0.4) is 0 Å². The zero-order chi connectivity index (χ0) is 26.9. The molecule has 0 saturated carbocycles. The van der Waals surface area contributed by atoms with E-state index < -0.39 is 42.4 Å². The Balaban J connectivity index is 1.99. The van der Waals surface area contributed by atoms with Crippen LogP contribution in [-0.4, -0.2) is 79.3 Å². The van der Waals surface area contributed by atoms with E-state index in [2.05, 4.69) is 34.0 Å². The van der Waals surface area contributed by atoms with E-state index in [1.807, 2.05) is 0 Å². The van der Waals surface area contributed by atoms with E-state index in [1.54, 1.807) is 18.7 Å². The van der Waals surface area contributed by atoms with Crippen LogP contribution in [0.4, 0.5) is 0 Å². The summed E-state index contributed by atoms with van der Waals surface area (Å²) < 4.78 is 22.2. The van der Waals surface area contributed by atoms with E-state index in [4.69, 9.17) is 18.9 Å². The highest BCUT2D eigenvalue weighted by Gasteiger charge is 2.51. The third kappa shape index (κ3) is 7.77. The number of fused-ring (bicyclic) bond motifs is 1. The fraction of sp³-hybridized carbons (Fsp3) is 0.696. The Morgan fingerprint density at radius 3 is 2.27 bits per heavy atom. The van der Waals surface area contributed by atoms with Gasteiger partial charge >= 0.3 is 17.9 Å². The SMILES string of the molecule is CCCSc1nc(SCCC)c2nn([C@@H]3O[C@H](CCC(=O)OCC)[C@@H](OC(C)=O)[C@H]3OC(C)=O)nc2n1. The maximum Gasteiger partial charge on any atom is 0.305 e. The van der Waals surface area contributed by atoms with Crippen LogP contribution in [0.5, 0.6) is 0 Å². The number of thioether (sulfide) groups is 2. The second-order valence-electron chi connectivity index (χ2n) is 8.26. The molecule has 1 aliphatic rings. The van der Waals surface area contributed by atoms with Crippen LogP contribution < -0.4 is 0 Å². The molecule has 2 aromatic rings. The summed E-state index contributed by atoms with van der Waals surface area (Å²) >= 11 is 3.10. The zero-order valence-electron chi connectivity index (χ0n) is 21.7. The lowest BCUT2D eigenvalue weighted by Crippen LogP contribution is -2.39. The minimum Gasteiger partial charge on any atom is -0.466 e. The van der Waals surface area contributed by atoms with Gasteiger partial charge in [0.2, 0.25) is 11.9 Å². The van der Waals surface area contributed by atoms with Crippen molar-refractivity contribution in [3.8, 4) is 0 Å². The van der Waals surface area contributed by atoms with Gasteiger partial charge in [0.15, 0.2) is 22.9 Å². The van der Waals surface area contributed by atoms with E-state index in [-0.39, 0.29) is 19.4 Å². The zero-order valence-corrected chi connectivity index (χ0v) is 23.3. The number of aromatic nitrogens is 5. The van der Waals surface area contributed by atoms with Crippen molar-refractivity contribution in [2.45, 2.75) is 95.0 Å². The number of hydrogen-bond donors (Lipinski definition) is 0. The van der Waals surface area contributed by atoms with E-state index in [9.17, 15) is 14.4 Å². The molecule has 37 heavy (non-hydrogen) atoms. The molecule has 1 aliphatic heterocycles. The Bertz CT molecular complexity index is 1100. The molecule has 4 atom stereocenters. The monoisotopic (exact) mass is 555 g/mol. The summed E-state index contributed by atoms with van der Waals surface area (Å²) in [5, 5.41) is 10.5. The first-order chi connectivity index (χ1) is 17.8. The van der Waals surface area contributed by atoms with E-state index in [0.717, 1.165) is 24.3 Å². The van der Waals surface area contributed by atoms with Crippen LogP contribution >= 0.6 is 23.5 Å². The van der Waals surface area contributed by atoms with Crippen LogP contribution in [0.15, 0.2) is 10.2 Å². The summed E-state index contributed by atoms with van der Waals surface area (Å²) in [6.07, 6.45) is -1.63. The van der Waals surface area contributed by atoms with Crippen LogP contribution in [0.25, 0.3) is 11.2 Å². The first-order valence-electron chi connectivity index (χ1n) is 12.3. The van der Waals surface area contributed by atoms with Crippen LogP contribution in [0, 0.1) is 0 Å². The summed E-state index contributed by atoms with van der Waals surface area (Å²) in [7, 11) is 0. The molecule has 14 heteroatoms. The number of rotatable bonds is 13. The Morgan fingerprint density at radius 1 is 0.946 bits per heavy atom. The molecule has 2 aromatic heterocycles. The Morgan fingerprint density at radius 2 is 1.62 bits per heavy atom. The fourth-order valence-electron chi connectivity index (χ4n) is 3.72. The van der Waals surface area contributed by atoms with Gasteiger partial charge in [-0.1, -0.05) is 25.6 Å². The van der Waals surface area contributed by atoms with Crippen LogP contribution in [-0.2, 0) is 33.3 Å². The lowest BCUT2D eigenvalue weighted by Gasteiger charge is -2.22. The third-order valence-corrected chi connectivity index (χ3v) is 7.37. The van der Waals surface area contributed by atoms with Gasteiger partial charge in [-0.15, -0.1) is 26.8 Å². The maximum absolute atomic E-state index is 12.0. The predicted octanol–water partition coefficient (Wildman–Crippen LogP) is 3.33. The van der Waals surface area contributed by atoms with E-state index in [0.29, 0.717) is 21.3 Å². The molecule has 0 radical (unpaired) electrons. The normalized spacial score (nSPS) is 21.2. The Hall–Kier alpha value is -2.45. The maximum atomic E-state index is 12.0. The van der Waals surface area contributed by atoms with Crippen molar-refractivity contribution in [1.29, 1.82) is 0 Å². The largest absolute Gasteiger partial charge is 0.466 e. The first kappa shape index (κ1) is 29.1. The van der Waals surface area contributed by atoms with Gasteiger partial charge in [0.25, 0.3) is 0 Å². The van der Waals surface area contributed by atoms with Gasteiger partial charge in [-0.25, -0.2) is 4.98 Å². The first-order valence-corrected chi connectivity index (χ1v) is 14.3. The van der Waals surface area contributed by atoms with Gasteiger partial charge in [-0.05, 0) is 31.9 Å². The van der Waals surface area contributed by atoms with Gasteiger partial charge in [-0.2, -0.15) is 4.98 Å². The quantitative estimate of drug-likeness (QED) is 0.117. The smallest absolute Gasteiger partial charge is 0.305 e.